The Morgan fingerprint density at radius 2 is 2.10 bits per heavy atom. The molecule has 6 heteroatoms. The molecule has 0 saturated carbocycles. The molecule has 0 radical (unpaired) electrons. The van der Waals surface area contributed by atoms with Crippen LogP contribution in [0.4, 0.5) is 0 Å². The van der Waals surface area contributed by atoms with Gasteiger partial charge < -0.3 is 10.6 Å². The van der Waals surface area contributed by atoms with E-state index in [0.717, 1.165) is 16.3 Å². The van der Waals surface area contributed by atoms with Gasteiger partial charge in [0.05, 0.1) is 17.4 Å². The van der Waals surface area contributed by atoms with E-state index >= 15 is 0 Å². The molecule has 0 aliphatic rings. The van der Waals surface area contributed by atoms with Gasteiger partial charge in [-0.2, -0.15) is 0 Å². The number of carbonyl (C=O) groups is 1. The summed E-state index contributed by atoms with van der Waals surface area (Å²) in [6.07, 6.45) is 2.09. The minimum Gasteiger partial charge on any atom is -0.350 e. The number of carbonyl (C=O) groups excluding carboxylic acids is 1. The Morgan fingerprint density at radius 3 is 2.71 bits per heavy atom. The van der Waals surface area contributed by atoms with E-state index < -0.39 is 0 Å². The average Bonchev–Trinajstić information content (AvgIpc) is 2.79. The Kier molecular flexibility index (Phi) is 4.39. The summed E-state index contributed by atoms with van der Waals surface area (Å²) in [5, 5.41) is 6.26. The lowest BCUT2D eigenvalue weighted by Crippen LogP contribution is -2.49. The molecule has 0 fully saturated rings. The van der Waals surface area contributed by atoms with Crippen LogP contribution in [0.1, 0.15) is 44.0 Å². The van der Waals surface area contributed by atoms with Crippen molar-refractivity contribution >= 4 is 22.2 Å². The largest absolute Gasteiger partial charge is 0.350 e. The zero-order valence-corrected chi connectivity index (χ0v) is 14.4. The smallest absolute Gasteiger partial charge is 0.237 e. The highest BCUT2D eigenvalue weighted by Crippen LogP contribution is 2.20. The van der Waals surface area contributed by atoms with E-state index in [1.165, 1.54) is 4.88 Å². The predicted molar refractivity (Wildman–Crippen MR) is 86.7 cm³/mol. The highest BCUT2D eigenvalue weighted by Gasteiger charge is 2.20. The molecule has 5 nitrogen and oxygen atoms in total. The van der Waals surface area contributed by atoms with Crippen molar-refractivity contribution in [3.05, 3.63) is 22.5 Å². The summed E-state index contributed by atoms with van der Waals surface area (Å²) < 4.78 is 2.11. The summed E-state index contributed by atoms with van der Waals surface area (Å²) in [7, 11) is 0. The zero-order chi connectivity index (χ0) is 15.8. The number of hydrogen-bond acceptors (Lipinski definition) is 4. The molecule has 0 aliphatic heterocycles. The molecule has 21 heavy (non-hydrogen) atoms. The van der Waals surface area contributed by atoms with Crippen LogP contribution in [0.2, 0.25) is 0 Å². The molecule has 0 saturated heterocycles. The molecular formula is C15H24N4OS. The van der Waals surface area contributed by atoms with Gasteiger partial charge >= 0.3 is 0 Å². The second kappa shape index (κ2) is 5.77. The van der Waals surface area contributed by atoms with Gasteiger partial charge in [0.2, 0.25) is 5.91 Å². The van der Waals surface area contributed by atoms with Crippen LogP contribution in [0.5, 0.6) is 0 Å². The maximum absolute atomic E-state index is 12.1. The van der Waals surface area contributed by atoms with Crippen molar-refractivity contribution in [2.24, 2.45) is 0 Å². The van der Waals surface area contributed by atoms with Crippen molar-refractivity contribution in [1.82, 2.24) is 20.0 Å². The fourth-order valence-corrected chi connectivity index (χ4v) is 3.03. The average molecular weight is 308 g/mol. The van der Waals surface area contributed by atoms with Crippen molar-refractivity contribution in [2.75, 3.05) is 0 Å². The van der Waals surface area contributed by atoms with Crippen LogP contribution >= 0.6 is 11.3 Å². The molecule has 1 amide bonds. The lowest BCUT2D eigenvalue weighted by Gasteiger charge is -2.23. The van der Waals surface area contributed by atoms with Gasteiger partial charge in [0.15, 0.2) is 4.96 Å². The van der Waals surface area contributed by atoms with E-state index in [-0.39, 0.29) is 17.5 Å². The van der Waals surface area contributed by atoms with Crippen LogP contribution in [0.25, 0.3) is 4.96 Å². The van der Waals surface area contributed by atoms with E-state index in [2.05, 4.69) is 33.1 Å². The van der Waals surface area contributed by atoms with Gasteiger partial charge in [-0.05, 0) is 41.5 Å². The summed E-state index contributed by atoms with van der Waals surface area (Å²) in [4.78, 5) is 18.9. The molecule has 0 bridgehead atoms. The molecule has 1 atom stereocenters. The normalized spacial score (nSPS) is 13.6. The fourth-order valence-electron chi connectivity index (χ4n) is 2.14. The van der Waals surface area contributed by atoms with Crippen molar-refractivity contribution < 1.29 is 4.79 Å². The summed E-state index contributed by atoms with van der Waals surface area (Å²) >= 11 is 1.68. The number of thiazole rings is 1. The van der Waals surface area contributed by atoms with E-state index in [9.17, 15) is 4.79 Å². The maximum atomic E-state index is 12.1. The van der Waals surface area contributed by atoms with Crippen LogP contribution < -0.4 is 10.6 Å². The highest BCUT2D eigenvalue weighted by atomic mass is 32.1. The molecule has 0 spiro atoms. The van der Waals surface area contributed by atoms with Crippen LogP contribution in [-0.2, 0) is 11.3 Å². The second-order valence-electron chi connectivity index (χ2n) is 6.48. The predicted octanol–water partition coefficient (Wildman–Crippen LogP) is 2.41. The van der Waals surface area contributed by atoms with Crippen LogP contribution in [0, 0.1) is 13.8 Å². The number of fused-ring (bicyclic) bond motifs is 1. The second-order valence-corrected chi connectivity index (χ2v) is 7.69. The first-order valence-corrected chi connectivity index (χ1v) is 7.98. The number of aryl methyl sites for hydroxylation is 2. The summed E-state index contributed by atoms with van der Waals surface area (Å²) in [5.74, 6) is 0.0161. The first-order valence-electron chi connectivity index (χ1n) is 7.17. The van der Waals surface area contributed by atoms with Gasteiger partial charge in [-0.3, -0.25) is 9.20 Å². The fraction of sp³-hybridized carbons (Fsp3) is 0.600. The Bertz CT molecular complexity index is 650. The number of nitrogens with one attached hydrogen (secondary N) is 2. The van der Waals surface area contributed by atoms with Crippen molar-refractivity contribution in [3.63, 3.8) is 0 Å². The molecule has 0 aliphatic carbocycles. The van der Waals surface area contributed by atoms with Crippen LogP contribution in [0.15, 0.2) is 6.20 Å². The first-order chi connectivity index (χ1) is 9.67. The number of imidazole rings is 1. The maximum Gasteiger partial charge on any atom is 0.237 e. The SMILES string of the molecule is Cc1cn2c(CNC(C)C(=O)NC(C)(C)C)c(C)nc2s1. The van der Waals surface area contributed by atoms with Crippen LogP contribution in [0.3, 0.4) is 0 Å². The van der Waals surface area contributed by atoms with Gasteiger partial charge in [0.1, 0.15) is 0 Å². The summed E-state index contributed by atoms with van der Waals surface area (Å²) in [6.45, 7) is 12.5. The first kappa shape index (κ1) is 16.0. The molecular weight excluding hydrogens is 284 g/mol. The number of rotatable bonds is 4. The Balaban J connectivity index is 2.04. The lowest BCUT2D eigenvalue weighted by molar-refractivity contribution is -0.124. The molecule has 2 N–H and O–H groups in total. The molecule has 2 rings (SSSR count). The van der Waals surface area contributed by atoms with Gasteiger partial charge in [0.25, 0.3) is 0 Å². The minimum absolute atomic E-state index is 0.0161. The molecule has 2 heterocycles. The van der Waals surface area contributed by atoms with E-state index in [1.807, 2.05) is 34.6 Å². The van der Waals surface area contributed by atoms with Crippen molar-refractivity contribution in [1.29, 1.82) is 0 Å². The van der Waals surface area contributed by atoms with Crippen molar-refractivity contribution in [2.45, 2.75) is 59.7 Å². The quantitative estimate of drug-likeness (QED) is 0.912. The number of amides is 1. The summed E-state index contributed by atoms with van der Waals surface area (Å²) in [5.41, 5.74) is 1.92. The van der Waals surface area contributed by atoms with E-state index in [1.54, 1.807) is 11.3 Å². The third-order valence-corrected chi connectivity index (χ3v) is 4.11. The third-order valence-electron chi connectivity index (χ3n) is 3.21. The van der Waals surface area contributed by atoms with Gasteiger partial charge in [0, 0.05) is 23.2 Å². The molecule has 1 unspecified atom stereocenters. The number of hydrogen-bond donors (Lipinski definition) is 2. The van der Waals surface area contributed by atoms with Gasteiger partial charge in [-0.15, -0.1) is 11.3 Å². The number of nitrogens with zero attached hydrogens (tertiary/aromatic N) is 2. The number of aromatic nitrogens is 2. The third kappa shape index (κ3) is 3.83. The van der Waals surface area contributed by atoms with E-state index in [4.69, 9.17) is 0 Å². The monoisotopic (exact) mass is 308 g/mol. The highest BCUT2D eigenvalue weighted by molar-refractivity contribution is 7.17. The Morgan fingerprint density at radius 1 is 1.43 bits per heavy atom. The molecule has 2 aromatic rings. The van der Waals surface area contributed by atoms with Crippen LogP contribution in [-0.4, -0.2) is 26.9 Å². The van der Waals surface area contributed by atoms with E-state index in [0.29, 0.717) is 6.54 Å². The zero-order valence-electron chi connectivity index (χ0n) is 13.6. The Hall–Kier alpha value is -1.40. The topological polar surface area (TPSA) is 58.4 Å². The van der Waals surface area contributed by atoms with Crippen molar-refractivity contribution in [3.8, 4) is 0 Å². The summed E-state index contributed by atoms with van der Waals surface area (Å²) in [6, 6.07) is -0.242. The standard InChI is InChI=1S/C15H24N4OS/c1-9-8-19-12(10(2)17-14(19)21-9)7-16-11(3)13(20)18-15(4,5)6/h8,11,16H,7H2,1-6H3,(H,18,20). The minimum atomic E-state index is -0.242. The molecule has 116 valence electrons. The Labute approximate surface area is 129 Å². The van der Waals surface area contributed by atoms with Gasteiger partial charge in [-0.25, -0.2) is 4.98 Å². The lowest BCUT2D eigenvalue weighted by atomic mass is 10.1. The molecule has 0 aromatic carbocycles. The molecule has 2 aromatic heterocycles. The van der Waals surface area contributed by atoms with Gasteiger partial charge in [-0.1, -0.05) is 0 Å².